The molecule has 0 saturated carbocycles. The number of nitrogens with zero attached hydrogens (tertiary/aromatic N) is 1. The summed E-state index contributed by atoms with van der Waals surface area (Å²) in [4.78, 5) is 4.34. The summed E-state index contributed by atoms with van der Waals surface area (Å²) in [5.41, 5.74) is 2.70. The van der Waals surface area contributed by atoms with Gasteiger partial charge in [0, 0.05) is 11.3 Å². The van der Waals surface area contributed by atoms with E-state index in [0.29, 0.717) is 6.61 Å². The lowest BCUT2D eigenvalue weighted by Crippen LogP contribution is -1.91. The van der Waals surface area contributed by atoms with E-state index in [9.17, 15) is 0 Å². The number of benzene rings is 1. The maximum absolute atomic E-state index is 5.43. The van der Waals surface area contributed by atoms with Crippen LogP contribution in [0.15, 0.2) is 42.5 Å². The largest absolute Gasteiger partial charge is 0.494 e. The predicted molar refractivity (Wildman–Crippen MR) is 72.6 cm³/mol. The number of hydrogen-bond acceptors (Lipinski definition) is 2. The minimum absolute atomic E-state index is 0.663. The van der Waals surface area contributed by atoms with E-state index in [4.69, 9.17) is 4.74 Å². The van der Waals surface area contributed by atoms with Crippen LogP contribution in [-0.2, 0) is 0 Å². The first-order valence-electron chi connectivity index (χ1n) is 5.96. The Kier molecular flexibility index (Phi) is 3.98. The third kappa shape index (κ3) is 3.36. The van der Waals surface area contributed by atoms with Crippen molar-refractivity contribution in [3.63, 3.8) is 0 Å². The van der Waals surface area contributed by atoms with Gasteiger partial charge in [0.15, 0.2) is 0 Å². The molecule has 0 aliphatic heterocycles. The first-order valence-corrected chi connectivity index (χ1v) is 5.96. The van der Waals surface area contributed by atoms with E-state index in [-0.39, 0.29) is 0 Å². The molecule has 0 saturated heterocycles. The molecule has 90 valence electrons. The van der Waals surface area contributed by atoms with Crippen molar-refractivity contribution < 1.29 is 4.74 Å². The minimum Gasteiger partial charge on any atom is -0.494 e. The molecular weight excluding hydrogens is 222 g/mol. The molecule has 0 atom stereocenters. The molecule has 18 heavy (non-hydrogen) atoms. The van der Waals surface area contributed by atoms with Gasteiger partial charge < -0.3 is 4.74 Å². The molecule has 0 bridgehead atoms. The van der Waals surface area contributed by atoms with Gasteiger partial charge in [-0.15, -0.1) is 0 Å². The van der Waals surface area contributed by atoms with Gasteiger partial charge in [-0.3, -0.25) is 0 Å². The summed E-state index contributed by atoms with van der Waals surface area (Å²) >= 11 is 0. The monoisotopic (exact) mass is 237 g/mol. The van der Waals surface area contributed by atoms with E-state index in [2.05, 4.69) is 16.8 Å². The van der Waals surface area contributed by atoms with Crippen LogP contribution in [0.5, 0.6) is 5.75 Å². The van der Waals surface area contributed by atoms with Gasteiger partial charge in [-0.05, 0) is 50.1 Å². The number of aromatic nitrogens is 1. The third-order valence-electron chi connectivity index (χ3n) is 2.37. The number of hydrogen-bond donors (Lipinski definition) is 0. The van der Waals surface area contributed by atoms with Crippen molar-refractivity contribution >= 4 is 0 Å². The summed E-state index contributed by atoms with van der Waals surface area (Å²) in [5, 5.41) is 0. The minimum atomic E-state index is 0.663. The van der Waals surface area contributed by atoms with Crippen LogP contribution in [0, 0.1) is 18.8 Å². The van der Waals surface area contributed by atoms with E-state index in [0.717, 1.165) is 22.7 Å². The van der Waals surface area contributed by atoms with E-state index >= 15 is 0 Å². The molecule has 1 aromatic carbocycles. The Labute approximate surface area is 108 Å². The van der Waals surface area contributed by atoms with Gasteiger partial charge in [-0.2, -0.15) is 0 Å². The fraction of sp³-hybridized carbons (Fsp3) is 0.188. The Morgan fingerprint density at radius 2 is 1.94 bits per heavy atom. The van der Waals surface area contributed by atoms with Crippen LogP contribution in [0.2, 0.25) is 0 Å². The molecule has 2 heteroatoms. The lowest BCUT2D eigenvalue weighted by atomic mass is 10.2. The van der Waals surface area contributed by atoms with Crippen LogP contribution in [0.25, 0.3) is 0 Å². The van der Waals surface area contributed by atoms with Crippen LogP contribution in [0.3, 0.4) is 0 Å². The van der Waals surface area contributed by atoms with Crippen LogP contribution in [0.1, 0.15) is 23.9 Å². The van der Waals surface area contributed by atoms with Crippen LogP contribution < -0.4 is 4.74 Å². The summed E-state index contributed by atoms with van der Waals surface area (Å²) in [6, 6.07) is 13.6. The number of ether oxygens (including phenoxy) is 1. The second kappa shape index (κ2) is 5.88. The Morgan fingerprint density at radius 1 is 1.11 bits per heavy atom. The number of aryl methyl sites for hydroxylation is 1. The number of pyridine rings is 1. The molecule has 0 fully saturated rings. The number of rotatable bonds is 2. The van der Waals surface area contributed by atoms with Gasteiger partial charge in [-0.25, -0.2) is 4.98 Å². The molecule has 1 heterocycles. The smallest absolute Gasteiger partial charge is 0.120 e. The molecule has 2 aromatic rings. The van der Waals surface area contributed by atoms with Crippen molar-refractivity contribution in [1.29, 1.82) is 0 Å². The van der Waals surface area contributed by atoms with Crippen LogP contribution >= 0.6 is 0 Å². The Balaban J connectivity index is 2.21. The van der Waals surface area contributed by atoms with Gasteiger partial charge in [0.2, 0.25) is 0 Å². The van der Waals surface area contributed by atoms with E-state index in [1.165, 1.54) is 0 Å². The predicted octanol–water partition coefficient (Wildman–Crippen LogP) is 3.19. The lowest BCUT2D eigenvalue weighted by molar-refractivity contribution is 0.340. The van der Waals surface area contributed by atoms with Crippen molar-refractivity contribution in [1.82, 2.24) is 4.98 Å². The first kappa shape index (κ1) is 12.2. The summed E-state index contributed by atoms with van der Waals surface area (Å²) in [5.74, 6) is 7.00. The molecular formula is C16H15NO. The molecule has 0 aliphatic carbocycles. The zero-order valence-electron chi connectivity index (χ0n) is 10.6. The van der Waals surface area contributed by atoms with Gasteiger partial charge >= 0.3 is 0 Å². The molecule has 0 spiro atoms. The average molecular weight is 237 g/mol. The molecule has 2 rings (SSSR count). The Hall–Kier alpha value is -2.27. The molecule has 1 aromatic heterocycles. The molecule has 0 amide bonds. The maximum atomic E-state index is 5.43. The second-order valence-electron chi connectivity index (χ2n) is 3.88. The van der Waals surface area contributed by atoms with Gasteiger partial charge in [0.25, 0.3) is 0 Å². The lowest BCUT2D eigenvalue weighted by Gasteiger charge is -2.01. The standard InChI is InChI=1S/C16H15NO/c1-3-18-16-9-5-7-14(12-16)10-11-15-8-4-6-13(2)17-15/h4-9,12H,3H2,1-2H3. The maximum Gasteiger partial charge on any atom is 0.120 e. The van der Waals surface area contributed by atoms with Crippen molar-refractivity contribution in [3.05, 3.63) is 59.4 Å². The average Bonchev–Trinajstić information content (AvgIpc) is 2.37. The third-order valence-corrected chi connectivity index (χ3v) is 2.37. The summed E-state index contributed by atoms with van der Waals surface area (Å²) in [6.45, 7) is 4.59. The van der Waals surface area contributed by atoms with E-state index in [1.807, 2.05) is 56.3 Å². The zero-order chi connectivity index (χ0) is 12.8. The first-order chi connectivity index (χ1) is 8.78. The highest BCUT2D eigenvalue weighted by atomic mass is 16.5. The van der Waals surface area contributed by atoms with Gasteiger partial charge in [0.05, 0.1) is 6.61 Å². The Bertz CT molecular complexity index is 593. The Morgan fingerprint density at radius 3 is 2.72 bits per heavy atom. The van der Waals surface area contributed by atoms with Crippen molar-refractivity contribution in [2.45, 2.75) is 13.8 Å². The molecule has 0 radical (unpaired) electrons. The normalized spacial score (nSPS) is 9.44. The molecule has 0 N–H and O–H groups in total. The van der Waals surface area contributed by atoms with E-state index < -0.39 is 0 Å². The summed E-state index contributed by atoms with van der Waals surface area (Å²) in [7, 11) is 0. The molecule has 2 nitrogen and oxygen atoms in total. The highest BCUT2D eigenvalue weighted by Gasteiger charge is 1.93. The quantitative estimate of drug-likeness (QED) is 0.748. The van der Waals surface area contributed by atoms with Crippen molar-refractivity contribution in [3.8, 4) is 17.6 Å². The highest BCUT2D eigenvalue weighted by molar-refractivity contribution is 5.43. The SMILES string of the molecule is CCOc1cccc(C#Cc2cccc(C)n2)c1. The summed E-state index contributed by atoms with van der Waals surface area (Å²) < 4.78 is 5.43. The molecule has 0 aliphatic rings. The van der Waals surface area contributed by atoms with Crippen molar-refractivity contribution in [2.24, 2.45) is 0 Å². The van der Waals surface area contributed by atoms with Crippen LogP contribution in [-0.4, -0.2) is 11.6 Å². The fourth-order valence-corrected chi connectivity index (χ4v) is 1.58. The highest BCUT2D eigenvalue weighted by Crippen LogP contribution is 2.12. The fourth-order valence-electron chi connectivity index (χ4n) is 1.58. The van der Waals surface area contributed by atoms with Gasteiger partial charge in [-0.1, -0.05) is 18.1 Å². The second-order valence-corrected chi connectivity index (χ2v) is 3.88. The van der Waals surface area contributed by atoms with Crippen LogP contribution in [0.4, 0.5) is 0 Å². The van der Waals surface area contributed by atoms with Gasteiger partial charge in [0.1, 0.15) is 11.4 Å². The van der Waals surface area contributed by atoms with E-state index in [1.54, 1.807) is 0 Å². The van der Waals surface area contributed by atoms with Crippen molar-refractivity contribution in [2.75, 3.05) is 6.61 Å². The summed E-state index contributed by atoms with van der Waals surface area (Å²) in [6.07, 6.45) is 0. The molecule has 0 unspecified atom stereocenters. The zero-order valence-corrected chi connectivity index (χ0v) is 10.6. The topological polar surface area (TPSA) is 22.1 Å².